The van der Waals surface area contributed by atoms with E-state index in [2.05, 4.69) is 29.4 Å². The summed E-state index contributed by atoms with van der Waals surface area (Å²) in [5, 5.41) is 14.4. The normalized spacial score (nSPS) is 11.6. The summed E-state index contributed by atoms with van der Waals surface area (Å²) in [6, 6.07) is 8.82. The maximum atomic E-state index is 12.9. The van der Waals surface area contributed by atoms with Crippen LogP contribution in [0.1, 0.15) is 13.8 Å². The second-order valence-corrected chi connectivity index (χ2v) is 9.20. The van der Waals surface area contributed by atoms with Crippen LogP contribution in [0, 0.1) is 5.92 Å². The molecule has 150 valence electrons. The predicted octanol–water partition coefficient (Wildman–Crippen LogP) is 4.15. The minimum absolute atomic E-state index is 0.0550. The summed E-state index contributed by atoms with van der Waals surface area (Å²) in [6.45, 7) is 4.65. The van der Waals surface area contributed by atoms with Crippen LogP contribution in [-0.2, 0) is 11.3 Å². The van der Waals surface area contributed by atoms with Crippen molar-refractivity contribution in [1.82, 2.24) is 19.2 Å². The van der Waals surface area contributed by atoms with Crippen LogP contribution in [-0.4, -0.2) is 30.8 Å². The molecule has 1 N–H and O–H groups in total. The maximum absolute atomic E-state index is 12.9. The third kappa shape index (κ3) is 4.03. The number of nitrogens with one attached hydrogen (secondary N) is 1. The first-order chi connectivity index (χ1) is 13.9. The molecule has 0 fully saturated rings. The van der Waals surface area contributed by atoms with Crippen LogP contribution in [0.25, 0.3) is 16.0 Å². The SMILES string of the molecule is CC(C)Cn1c(=O)c2sccc2n2c(SCC(=O)Nc3ccc(Cl)cc3)nnc12. The lowest BCUT2D eigenvalue weighted by atomic mass is 10.2. The number of carbonyl (C=O) groups excluding carboxylic acids is 1. The van der Waals surface area contributed by atoms with E-state index in [4.69, 9.17) is 11.6 Å². The number of hydrogen-bond acceptors (Lipinski definition) is 6. The molecule has 7 nitrogen and oxygen atoms in total. The number of thioether (sulfide) groups is 1. The Balaban J connectivity index is 1.63. The summed E-state index contributed by atoms with van der Waals surface area (Å²) in [5.74, 6) is 0.784. The van der Waals surface area contributed by atoms with E-state index in [9.17, 15) is 9.59 Å². The molecule has 0 bridgehead atoms. The van der Waals surface area contributed by atoms with Crippen LogP contribution in [0.15, 0.2) is 45.7 Å². The van der Waals surface area contributed by atoms with Gasteiger partial charge in [0.1, 0.15) is 4.70 Å². The Bertz CT molecular complexity index is 1240. The molecule has 0 unspecified atom stereocenters. The molecule has 1 amide bonds. The van der Waals surface area contributed by atoms with Gasteiger partial charge in [0.25, 0.3) is 5.56 Å². The quantitative estimate of drug-likeness (QED) is 0.449. The van der Waals surface area contributed by atoms with Crippen molar-refractivity contribution in [2.45, 2.75) is 25.5 Å². The highest BCUT2D eigenvalue weighted by molar-refractivity contribution is 7.99. The van der Waals surface area contributed by atoms with Crippen LogP contribution in [0.4, 0.5) is 5.69 Å². The third-order valence-corrected chi connectivity index (χ3v) is 6.26. The Morgan fingerprint density at radius 3 is 2.72 bits per heavy atom. The molecule has 10 heteroatoms. The zero-order valence-electron chi connectivity index (χ0n) is 15.8. The molecular formula is C19H18ClN5O2S2. The van der Waals surface area contributed by atoms with Crippen molar-refractivity contribution < 1.29 is 4.79 Å². The summed E-state index contributed by atoms with van der Waals surface area (Å²) >= 11 is 8.55. The second-order valence-electron chi connectivity index (χ2n) is 6.91. The van der Waals surface area contributed by atoms with Gasteiger partial charge in [-0.05, 0) is 41.6 Å². The van der Waals surface area contributed by atoms with Gasteiger partial charge in [0.15, 0.2) is 5.16 Å². The smallest absolute Gasteiger partial charge is 0.272 e. The average Bonchev–Trinajstić information content (AvgIpc) is 3.32. The van der Waals surface area contributed by atoms with E-state index >= 15 is 0 Å². The molecule has 0 aliphatic heterocycles. The third-order valence-electron chi connectivity index (χ3n) is 4.19. The van der Waals surface area contributed by atoms with Crippen LogP contribution in [0.2, 0.25) is 5.02 Å². The van der Waals surface area contributed by atoms with Gasteiger partial charge in [-0.3, -0.25) is 18.6 Å². The number of benzene rings is 1. The summed E-state index contributed by atoms with van der Waals surface area (Å²) in [7, 11) is 0. The fraction of sp³-hybridized carbons (Fsp3) is 0.263. The number of halogens is 1. The van der Waals surface area contributed by atoms with Crippen molar-refractivity contribution in [2.24, 2.45) is 5.92 Å². The van der Waals surface area contributed by atoms with Gasteiger partial charge in [-0.15, -0.1) is 21.5 Å². The lowest BCUT2D eigenvalue weighted by Crippen LogP contribution is -2.24. The molecule has 0 saturated carbocycles. The number of carbonyl (C=O) groups is 1. The molecule has 0 radical (unpaired) electrons. The fourth-order valence-corrected chi connectivity index (χ4v) is 4.67. The minimum atomic E-state index is -0.161. The van der Waals surface area contributed by atoms with Gasteiger partial charge in [0.05, 0.1) is 11.3 Å². The standard InChI is InChI=1S/C19H18ClN5O2S2/c1-11(2)9-24-17(27)16-14(7-8-28-16)25-18(24)22-23-19(25)29-10-15(26)21-13-5-3-12(20)4-6-13/h3-8,11H,9-10H2,1-2H3,(H,21,26). The molecule has 0 aliphatic carbocycles. The van der Waals surface area contributed by atoms with Crippen LogP contribution < -0.4 is 10.9 Å². The van der Waals surface area contributed by atoms with Crippen molar-refractivity contribution >= 4 is 62.3 Å². The van der Waals surface area contributed by atoms with Crippen molar-refractivity contribution in [2.75, 3.05) is 11.1 Å². The first-order valence-electron chi connectivity index (χ1n) is 8.97. The van der Waals surface area contributed by atoms with Crippen molar-refractivity contribution in [3.63, 3.8) is 0 Å². The molecule has 1 aromatic carbocycles. The lowest BCUT2D eigenvalue weighted by Gasteiger charge is -2.11. The lowest BCUT2D eigenvalue weighted by molar-refractivity contribution is -0.113. The summed E-state index contributed by atoms with van der Waals surface area (Å²) < 4.78 is 4.18. The van der Waals surface area contributed by atoms with Crippen molar-refractivity contribution in [3.05, 3.63) is 51.1 Å². The average molecular weight is 448 g/mol. The Morgan fingerprint density at radius 1 is 1.24 bits per heavy atom. The van der Waals surface area contributed by atoms with Gasteiger partial charge >= 0.3 is 0 Å². The molecule has 0 spiro atoms. The molecule has 4 rings (SSSR count). The highest BCUT2D eigenvalue weighted by atomic mass is 35.5. The first-order valence-corrected chi connectivity index (χ1v) is 11.2. The van der Waals surface area contributed by atoms with Crippen molar-refractivity contribution in [1.29, 1.82) is 0 Å². The number of aromatic nitrogens is 4. The number of anilines is 1. The van der Waals surface area contributed by atoms with Crippen LogP contribution in [0.3, 0.4) is 0 Å². The number of hydrogen-bond donors (Lipinski definition) is 1. The van der Waals surface area contributed by atoms with E-state index in [0.29, 0.717) is 32.9 Å². The maximum Gasteiger partial charge on any atom is 0.272 e. The molecule has 3 heterocycles. The fourth-order valence-electron chi connectivity index (χ4n) is 2.98. The van der Waals surface area contributed by atoms with Gasteiger partial charge < -0.3 is 5.32 Å². The Hall–Kier alpha value is -2.36. The van der Waals surface area contributed by atoms with E-state index in [1.165, 1.54) is 23.1 Å². The summed E-state index contributed by atoms with van der Waals surface area (Å²) in [4.78, 5) is 25.2. The zero-order valence-corrected chi connectivity index (χ0v) is 18.1. The highest BCUT2D eigenvalue weighted by Crippen LogP contribution is 2.25. The molecule has 3 aromatic heterocycles. The second kappa shape index (κ2) is 8.17. The monoisotopic (exact) mass is 447 g/mol. The molecule has 0 atom stereocenters. The summed E-state index contributed by atoms with van der Waals surface area (Å²) in [5.41, 5.74) is 1.39. The number of fused-ring (bicyclic) bond motifs is 3. The summed E-state index contributed by atoms with van der Waals surface area (Å²) in [6.07, 6.45) is 0. The molecule has 0 saturated heterocycles. The Morgan fingerprint density at radius 2 is 2.00 bits per heavy atom. The molecule has 29 heavy (non-hydrogen) atoms. The molecule has 4 aromatic rings. The van der Waals surface area contributed by atoms with Gasteiger partial charge in [-0.25, -0.2) is 0 Å². The Kier molecular flexibility index (Phi) is 5.62. The van der Waals surface area contributed by atoms with E-state index < -0.39 is 0 Å². The zero-order chi connectivity index (χ0) is 20.5. The van der Waals surface area contributed by atoms with Gasteiger partial charge in [-0.1, -0.05) is 37.2 Å². The number of rotatable bonds is 6. The number of nitrogens with zero attached hydrogens (tertiary/aromatic N) is 4. The minimum Gasteiger partial charge on any atom is -0.325 e. The van der Waals surface area contributed by atoms with E-state index in [-0.39, 0.29) is 23.1 Å². The largest absolute Gasteiger partial charge is 0.325 e. The van der Waals surface area contributed by atoms with E-state index in [0.717, 1.165) is 5.52 Å². The topological polar surface area (TPSA) is 81.3 Å². The van der Waals surface area contributed by atoms with Gasteiger partial charge in [-0.2, -0.15) is 0 Å². The molecular weight excluding hydrogens is 430 g/mol. The van der Waals surface area contributed by atoms with Crippen molar-refractivity contribution in [3.8, 4) is 0 Å². The highest BCUT2D eigenvalue weighted by Gasteiger charge is 2.19. The van der Waals surface area contributed by atoms with Crippen LogP contribution >= 0.6 is 34.7 Å². The van der Waals surface area contributed by atoms with Gasteiger partial charge in [0, 0.05) is 17.3 Å². The van der Waals surface area contributed by atoms with E-state index in [1.807, 2.05) is 15.8 Å². The first kappa shape index (κ1) is 19.9. The predicted molar refractivity (Wildman–Crippen MR) is 118 cm³/mol. The van der Waals surface area contributed by atoms with Crippen LogP contribution in [0.5, 0.6) is 0 Å². The Labute approximate surface area is 179 Å². The van der Waals surface area contributed by atoms with Gasteiger partial charge in [0.2, 0.25) is 11.7 Å². The number of amides is 1. The number of thiophene rings is 1. The molecule has 0 aliphatic rings. The van der Waals surface area contributed by atoms with E-state index in [1.54, 1.807) is 28.8 Å².